The SMILES string of the molecule is N/C(=C\C(=O)O)CCC(F)(F)F. The number of nitrogens with two attached hydrogens (primary N) is 1. The number of aliphatic carboxylic acids is 1. The molecule has 0 unspecified atom stereocenters. The van der Waals surface area contributed by atoms with E-state index in [1.807, 2.05) is 0 Å². The number of carboxylic acids is 1. The lowest BCUT2D eigenvalue weighted by Gasteiger charge is -2.04. The Kier molecular flexibility index (Phi) is 3.59. The monoisotopic (exact) mass is 183 g/mol. The molecular formula is C6H8F3NO2. The average molecular weight is 183 g/mol. The fraction of sp³-hybridized carbons (Fsp3) is 0.500. The Morgan fingerprint density at radius 1 is 1.50 bits per heavy atom. The van der Waals surface area contributed by atoms with Gasteiger partial charge >= 0.3 is 12.1 Å². The second-order valence-corrected chi connectivity index (χ2v) is 2.17. The molecule has 0 aromatic rings. The Morgan fingerprint density at radius 3 is 2.33 bits per heavy atom. The molecule has 0 atom stereocenters. The zero-order chi connectivity index (χ0) is 9.78. The van der Waals surface area contributed by atoms with Crippen LogP contribution < -0.4 is 5.73 Å². The minimum Gasteiger partial charge on any atom is -0.478 e. The van der Waals surface area contributed by atoms with E-state index in [4.69, 9.17) is 10.8 Å². The molecule has 6 heteroatoms. The Labute approximate surface area is 66.7 Å². The van der Waals surface area contributed by atoms with Crippen molar-refractivity contribution < 1.29 is 23.1 Å². The number of allylic oxidation sites excluding steroid dienone is 1. The third-order valence-electron chi connectivity index (χ3n) is 1.01. The van der Waals surface area contributed by atoms with Gasteiger partial charge in [0.15, 0.2) is 0 Å². The van der Waals surface area contributed by atoms with E-state index < -0.39 is 25.0 Å². The van der Waals surface area contributed by atoms with Crippen LogP contribution in [-0.4, -0.2) is 17.3 Å². The van der Waals surface area contributed by atoms with Crippen molar-refractivity contribution in [1.29, 1.82) is 0 Å². The molecule has 0 aliphatic heterocycles. The molecule has 0 fully saturated rings. The molecule has 70 valence electrons. The average Bonchev–Trinajstić information content (AvgIpc) is 1.80. The summed E-state index contributed by atoms with van der Waals surface area (Å²) in [5.74, 6) is -1.34. The summed E-state index contributed by atoms with van der Waals surface area (Å²) in [6, 6.07) is 0. The molecule has 0 aliphatic rings. The summed E-state index contributed by atoms with van der Waals surface area (Å²) in [4.78, 5) is 9.90. The van der Waals surface area contributed by atoms with E-state index in [2.05, 4.69) is 0 Å². The van der Waals surface area contributed by atoms with Gasteiger partial charge in [-0.2, -0.15) is 13.2 Å². The highest BCUT2D eigenvalue weighted by atomic mass is 19.4. The fourth-order valence-corrected chi connectivity index (χ4v) is 0.517. The number of carboxylic acid groups (broad SMARTS) is 1. The summed E-state index contributed by atoms with van der Waals surface area (Å²) >= 11 is 0. The number of carbonyl (C=O) groups is 1. The predicted molar refractivity (Wildman–Crippen MR) is 35.2 cm³/mol. The topological polar surface area (TPSA) is 63.3 Å². The van der Waals surface area contributed by atoms with E-state index in [1.54, 1.807) is 0 Å². The van der Waals surface area contributed by atoms with Crippen LogP contribution in [0.4, 0.5) is 13.2 Å². The fourth-order valence-electron chi connectivity index (χ4n) is 0.517. The second kappa shape index (κ2) is 3.99. The highest BCUT2D eigenvalue weighted by Gasteiger charge is 2.26. The molecule has 0 radical (unpaired) electrons. The van der Waals surface area contributed by atoms with Crippen LogP contribution in [-0.2, 0) is 4.79 Å². The van der Waals surface area contributed by atoms with E-state index in [0.29, 0.717) is 6.08 Å². The lowest BCUT2D eigenvalue weighted by Crippen LogP contribution is -2.10. The molecule has 0 spiro atoms. The van der Waals surface area contributed by atoms with Crippen LogP contribution in [0, 0.1) is 0 Å². The molecule has 3 nitrogen and oxygen atoms in total. The normalized spacial score (nSPS) is 13.1. The minimum absolute atomic E-state index is 0.278. The first-order valence-electron chi connectivity index (χ1n) is 3.07. The van der Waals surface area contributed by atoms with Gasteiger partial charge in [0.1, 0.15) is 0 Å². The first-order chi connectivity index (χ1) is 5.31. The van der Waals surface area contributed by atoms with Crippen LogP contribution in [0.15, 0.2) is 11.8 Å². The molecule has 0 rings (SSSR count). The number of hydrogen-bond acceptors (Lipinski definition) is 2. The first-order valence-corrected chi connectivity index (χ1v) is 3.07. The molecule has 0 aromatic carbocycles. The van der Waals surface area contributed by atoms with Gasteiger partial charge in [0.05, 0.1) is 0 Å². The lowest BCUT2D eigenvalue weighted by atomic mass is 10.2. The number of rotatable bonds is 3. The van der Waals surface area contributed by atoms with Gasteiger partial charge in [-0.05, 0) is 6.42 Å². The first kappa shape index (κ1) is 10.8. The maximum atomic E-state index is 11.5. The summed E-state index contributed by atoms with van der Waals surface area (Å²) < 4.78 is 34.6. The van der Waals surface area contributed by atoms with Crippen molar-refractivity contribution in [1.82, 2.24) is 0 Å². The van der Waals surface area contributed by atoms with Crippen molar-refractivity contribution in [3.63, 3.8) is 0 Å². The van der Waals surface area contributed by atoms with Crippen molar-refractivity contribution in [3.05, 3.63) is 11.8 Å². The largest absolute Gasteiger partial charge is 0.478 e. The lowest BCUT2D eigenvalue weighted by molar-refractivity contribution is -0.135. The van der Waals surface area contributed by atoms with Crippen molar-refractivity contribution in [3.8, 4) is 0 Å². The highest BCUT2D eigenvalue weighted by Crippen LogP contribution is 2.22. The number of alkyl halides is 3. The maximum Gasteiger partial charge on any atom is 0.389 e. The van der Waals surface area contributed by atoms with Gasteiger partial charge in [0, 0.05) is 18.2 Å². The molecule has 3 N–H and O–H groups in total. The van der Waals surface area contributed by atoms with Crippen LogP contribution in [0.1, 0.15) is 12.8 Å². The zero-order valence-corrected chi connectivity index (χ0v) is 6.06. The summed E-state index contributed by atoms with van der Waals surface area (Å²) in [6.45, 7) is 0. The van der Waals surface area contributed by atoms with Gasteiger partial charge in [0.2, 0.25) is 0 Å². The molecule has 0 amide bonds. The van der Waals surface area contributed by atoms with Gasteiger partial charge in [-0.15, -0.1) is 0 Å². The maximum absolute atomic E-state index is 11.5. The van der Waals surface area contributed by atoms with Crippen LogP contribution in [0.3, 0.4) is 0 Å². The molecule has 0 aliphatic carbocycles. The van der Waals surface area contributed by atoms with Crippen molar-refractivity contribution in [2.45, 2.75) is 19.0 Å². The van der Waals surface area contributed by atoms with Crippen LogP contribution in [0.25, 0.3) is 0 Å². The van der Waals surface area contributed by atoms with E-state index in [0.717, 1.165) is 0 Å². The van der Waals surface area contributed by atoms with E-state index in [9.17, 15) is 18.0 Å². The smallest absolute Gasteiger partial charge is 0.389 e. The van der Waals surface area contributed by atoms with Gasteiger partial charge in [-0.25, -0.2) is 4.79 Å². The Balaban J connectivity index is 3.87. The standard InChI is InChI=1S/C6H8F3NO2/c7-6(8,9)2-1-4(10)3-5(11)12/h3H,1-2,10H2,(H,11,12)/b4-3-. The van der Waals surface area contributed by atoms with Gasteiger partial charge < -0.3 is 10.8 Å². The summed E-state index contributed by atoms with van der Waals surface area (Å²) in [7, 11) is 0. The van der Waals surface area contributed by atoms with Crippen molar-refractivity contribution in [2.24, 2.45) is 5.73 Å². The predicted octanol–water partition coefficient (Wildman–Crippen LogP) is 1.26. The van der Waals surface area contributed by atoms with Crippen molar-refractivity contribution in [2.75, 3.05) is 0 Å². The van der Waals surface area contributed by atoms with Crippen LogP contribution >= 0.6 is 0 Å². The Morgan fingerprint density at radius 2 is 2.00 bits per heavy atom. The third kappa shape index (κ3) is 6.91. The van der Waals surface area contributed by atoms with Crippen LogP contribution in [0.5, 0.6) is 0 Å². The minimum atomic E-state index is -4.29. The molecular weight excluding hydrogens is 175 g/mol. The number of halogens is 3. The molecule has 0 saturated heterocycles. The quantitative estimate of drug-likeness (QED) is 0.647. The van der Waals surface area contributed by atoms with Gasteiger partial charge in [0.25, 0.3) is 0 Å². The second-order valence-electron chi connectivity index (χ2n) is 2.17. The Hall–Kier alpha value is -1.20. The van der Waals surface area contributed by atoms with E-state index >= 15 is 0 Å². The summed E-state index contributed by atoms with van der Waals surface area (Å²) in [5, 5.41) is 8.08. The third-order valence-corrected chi connectivity index (χ3v) is 1.01. The molecule has 12 heavy (non-hydrogen) atoms. The van der Waals surface area contributed by atoms with Crippen molar-refractivity contribution >= 4 is 5.97 Å². The zero-order valence-electron chi connectivity index (χ0n) is 6.06. The van der Waals surface area contributed by atoms with E-state index in [1.165, 1.54) is 0 Å². The molecule has 0 aromatic heterocycles. The highest BCUT2D eigenvalue weighted by molar-refractivity contribution is 5.80. The number of hydrogen-bond donors (Lipinski definition) is 2. The molecule has 0 bridgehead atoms. The summed E-state index contributed by atoms with van der Waals surface area (Å²) in [5.41, 5.74) is 4.68. The molecule has 0 heterocycles. The van der Waals surface area contributed by atoms with Gasteiger partial charge in [-0.3, -0.25) is 0 Å². The summed E-state index contributed by atoms with van der Waals surface area (Å²) in [6.07, 6.45) is -5.30. The molecule has 0 saturated carbocycles. The van der Waals surface area contributed by atoms with Crippen LogP contribution in [0.2, 0.25) is 0 Å². The Bertz CT molecular complexity index is 197. The van der Waals surface area contributed by atoms with Gasteiger partial charge in [-0.1, -0.05) is 0 Å². The van der Waals surface area contributed by atoms with E-state index in [-0.39, 0.29) is 5.70 Å².